The smallest absolute Gasteiger partial charge is 0.339 e. The number of carbonyl (C=O) groups excluding carboxylic acids is 1. The number of carboxylic acids is 1. The molecule has 6 nitrogen and oxygen atoms in total. The fourth-order valence-electron chi connectivity index (χ4n) is 3.97. The van der Waals surface area contributed by atoms with Crippen molar-refractivity contribution < 1.29 is 29.6 Å². The summed E-state index contributed by atoms with van der Waals surface area (Å²) in [6.45, 7) is 9.31. The number of ether oxygens (including phenoxy) is 1. The molecule has 1 aromatic rings. The number of fused-ring (bicyclic) bond motifs is 1. The fourth-order valence-corrected chi connectivity index (χ4v) is 3.97. The summed E-state index contributed by atoms with van der Waals surface area (Å²) < 4.78 is 5.60. The number of unbranched alkanes of at least 4 members (excludes halogenated alkanes) is 2. The molecule has 1 aliphatic heterocycles. The minimum Gasteiger partial charge on any atom is -0.507 e. The lowest BCUT2D eigenvalue weighted by atomic mass is 9.78. The molecule has 0 radical (unpaired) electrons. The summed E-state index contributed by atoms with van der Waals surface area (Å²) in [6.07, 6.45) is 2.76. The maximum Gasteiger partial charge on any atom is 0.339 e. The SMILES string of the molecule is C=C(C)[C@H](CCC(C)=O)[C@@H]1c2c(cc(CCCCC)c(C(=O)O)c2O)O[C@@H]1O. The average molecular weight is 390 g/mol. The van der Waals surface area contributed by atoms with Crippen molar-refractivity contribution in [2.24, 2.45) is 5.92 Å². The lowest BCUT2D eigenvalue weighted by molar-refractivity contribution is -0.117. The Kier molecular flexibility index (Phi) is 7.24. The molecule has 0 unspecified atom stereocenters. The van der Waals surface area contributed by atoms with Crippen molar-refractivity contribution in [3.05, 3.63) is 34.9 Å². The van der Waals surface area contributed by atoms with E-state index in [1.165, 1.54) is 6.92 Å². The molecule has 2 rings (SSSR count). The van der Waals surface area contributed by atoms with E-state index < -0.39 is 18.2 Å². The quantitative estimate of drug-likeness (QED) is 0.409. The van der Waals surface area contributed by atoms with E-state index in [0.29, 0.717) is 36.1 Å². The van der Waals surface area contributed by atoms with Crippen molar-refractivity contribution in [2.45, 2.75) is 71.5 Å². The van der Waals surface area contributed by atoms with Crippen molar-refractivity contribution in [1.29, 1.82) is 0 Å². The summed E-state index contributed by atoms with van der Waals surface area (Å²) in [5.74, 6) is -2.23. The molecule has 3 N–H and O–H groups in total. The van der Waals surface area contributed by atoms with Crippen LogP contribution in [0.15, 0.2) is 18.2 Å². The molecule has 28 heavy (non-hydrogen) atoms. The predicted octanol–water partition coefficient (Wildman–Crippen LogP) is 4.18. The maximum absolute atomic E-state index is 11.9. The average Bonchev–Trinajstić information content (AvgIpc) is 2.91. The first-order chi connectivity index (χ1) is 13.2. The van der Waals surface area contributed by atoms with Crippen LogP contribution in [0.2, 0.25) is 0 Å². The van der Waals surface area contributed by atoms with E-state index in [9.17, 15) is 24.9 Å². The fraction of sp³-hybridized carbons (Fsp3) is 0.545. The topological polar surface area (TPSA) is 104 Å². The molecule has 1 aliphatic rings. The molecule has 154 valence electrons. The van der Waals surface area contributed by atoms with Gasteiger partial charge in [0.05, 0.1) is 5.92 Å². The van der Waals surface area contributed by atoms with Gasteiger partial charge in [0.1, 0.15) is 22.8 Å². The predicted molar refractivity (Wildman–Crippen MR) is 106 cm³/mol. The normalized spacial score (nSPS) is 19.0. The number of hydrogen-bond acceptors (Lipinski definition) is 5. The van der Waals surface area contributed by atoms with E-state index in [2.05, 4.69) is 13.5 Å². The summed E-state index contributed by atoms with van der Waals surface area (Å²) >= 11 is 0. The maximum atomic E-state index is 11.9. The molecule has 0 fully saturated rings. The van der Waals surface area contributed by atoms with Crippen LogP contribution in [-0.2, 0) is 11.2 Å². The van der Waals surface area contributed by atoms with Gasteiger partial charge in [-0.25, -0.2) is 4.79 Å². The molecule has 0 amide bonds. The molecule has 0 saturated heterocycles. The molecule has 3 atom stereocenters. The van der Waals surface area contributed by atoms with Crippen molar-refractivity contribution >= 4 is 11.8 Å². The highest BCUT2D eigenvalue weighted by Crippen LogP contribution is 2.51. The monoisotopic (exact) mass is 390 g/mol. The van der Waals surface area contributed by atoms with Crippen LogP contribution in [0.5, 0.6) is 11.5 Å². The Bertz CT molecular complexity index is 767. The van der Waals surface area contributed by atoms with Gasteiger partial charge >= 0.3 is 5.97 Å². The number of aryl methyl sites for hydroxylation is 1. The van der Waals surface area contributed by atoms with Crippen LogP contribution in [0.1, 0.15) is 80.3 Å². The highest BCUT2D eigenvalue weighted by Gasteiger charge is 2.43. The van der Waals surface area contributed by atoms with Crippen molar-refractivity contribution in [1.82, 2.24) is 0 Å². The number of ketones is 1. The summed E-state index contributed by atoms with van der Waals surface area (Å²) in [6, 6.07) is 1.62. The number of hydrogen-bond donors (Lipinski definition) is 3. The third-order valence-corrected chi connectivity index (χ3v) is 5.41. The Balaban J connectivity index is 2.51. The largest absolute Gasteiger partial charge is 0.507 e. The number of Topliss-reactive ketones (excluding diaryl/α,β-unsaturated/α-hetero) is 1. The van der Waals surface area contributed by atoms with Gasteiger partial charge < -0.3 is 24.9 Å². The zero-order valence-corrected chi connectivity index (χ0v) is 16.8. The van der Waals surface area contributed by atoms with Gasteiger partial charge in [-0.3, -0.25) is 0 Å². The Morgan fingerprint density at radius 3 is 2.50 bits per heavy atom. The Hall–Kier alpha value is -2.34. The van der Waals surface area contributed by atoms with Crippen LogP contribution in [0.4, 0.5) is 0 Å². The van der Waals surface area contributed by atoms with E-state index >= 15 is 0 Å². The summed E-state index contributed by atoms with van der Waals surface area (Å²) in [4.78, 5) is 23.3. The summed E-state index contributed by atoms with van der Waals surface area (Å²) in [7, 11) is 0. The van der Waals surface area contributed by atoms with E-state index in [1.54, 1.807) is 13.0 Å². The molecule has 0 bridgehead atoms. The van der Waals surface area contributed by atoms with E-state index in [1.807, 2.05) is 0 Å². The van der Waals surface area contributed by atoms with Gasteiger partial charge in [-0.2, -0.15) is 0 Å². The second-order valence-corrected chi connectivity index (χ2v) is 7.66. The number of allylic oxidation sites excluding steroid dienone is 1. The number of aliphatic hydroxyl groups excluding tert-OH is 1. The number of carboxylic acid groups (broad SMARTS) is 1. The molecule has 0 aromatic heterocycles. The lowest BCUT2D eigenvalue weighted by Crippen LogP contribution is -2.26. The molecule has 0 saturated carbocycles. The van der Waals surface area contributed by atoms with Gasteiger partial charge in [0.25, 0.3) is 0 Å². The highest BCUT2D eigenvalue weighted by molar-refractivity contribution is 5.94. The first-order valence-electron chi connectivity index (χ1n) is 9.80. The number of aromatic carboxylic acids is 1. The minimum atomic E-state index is -1.23. The number of aliphatic hydroxyl groups is 1. The first-order valence-corrected chi connectivity index (χ1v) is 9.80. The van der Waals surface area contributed by atoms with Gasteiger partial charge in [-0.15, -0.1) is 0 Å². The second kappa shape index (κ2) is 9.24. The number of benzene rings is 1. The van der Waals surface area contributed by atoms with Crippen LogP contribution in [0.25, 0.3) is 0 Å². The molecule has 0 spiro atoms. The minimum absolute atomic E-state index is 0.0154. The number of aromatic hydroxyl groups is 1. The van der Waals surface area contributed by atoms with Crippen LogP contribution in [0.3, 0.4) is 0 Å². The van der Waals surface area contributed by atoms with Gasteiger partial charge in [0.15, 0.2) is 0 Å². The lowest BCUT2D eigenvalue weighted by Gasteiger charge is -2.26. The van der Waals surface area contributed by atoms with E-state index in [-0.39, 0.29) is 23.0 Å². The zero-order valence-electron chi connectivity index (χ0n) is 16.8. The molecule has 1 heterocycles. The molecular weight excluding hydrogens is 360 g/mol. The Morgan fingerprint density at radius 1 is 1.29 bits per heavy atom. The molecular formula is C22H30O6. The van der Waals surface area contributed by atoms with E-state index in [4.69, 9.17) is 4.74 Å². The number of rotatable bonds is 10. The van der Waals surface area contributed by atoms with Gasteiger partial charge in [-0.05, 0) is 50.7 Å². The third-order valence-electron chi connectivity index (χ3n) is 5.41. The van der Waals surface area contributed by atoms with Gasteiger partial charge in [-0.1, -0.05) is 31.9 Å². The van der Waals surface area contributed by atoms with Crippen LogP contribution in [-0.4, -0.2) is 33.4 Å². The van der Waals surface area contributed by atoms with Gasteiger partial charge in [0, 0.05) is 12.0 Å². The Labute approximate surface area is 165 Å². The van der Waals surface area contributed by atoms with Crippen molar-refractivity contribution in [3.8, 4) is 11.5 Å². The van der Waals surface area contributed by atoms with Crippen LogP contribution >= 0.6 is 0 Å². The van der Waals surface area contributed by atoms with Crippen LogP contribution < -0.4 is 4.74 Å². The standard InChI is InChI=1S/C22H30O6/c1-5-6-7-8-14-11-16-19(20(24)17(14)21(25)26)18(22(27)28-16)15(12(2)3)10-9-13(4)23/h11,15,18,22,24,27H,2,5-10H2,1,3-4H3,(H,25,26)/t15-,18+,22-/m0/s1. The zero-order chi connectivity index (χ0) is 21.0. The summed E-state index contributed by atoms with van der Waals surface area (Å²) in [5.41, 5.74) is 1.40. The molecule has 1 aromatic carbocycles. The van der Waals surface area contributed by atoms with Crippen LogP contribution in [0, 0.1) is 5.92 Å². The molecule has 6 heteroatoms. The number of phenols is 1. The molecule has 0 aliphatic carbocycles. The first kappa shape index (κ1) is 22.0. The Morgan fingerprint density at radius 2 is 1.96 bits per heavy atom. The second-order valence-electron chi connectivity index (χ2n) is 7.66. The highest BCUT2D eigenvalue weighted by atomic mass is 16.6. The van der Waals surface area contributed by atoms with Crippen molar-refractivity contribution in [2.75, 3.05) is 0 Å². The third kappa shape index (κ3) is 4.55. The number of carbonyl (C=O) groups is 2. The van der Waals surface area contributed by atoms with Gasteiger partial charge in [0.2, 0.25) is 6.29 Å². The summed E-state index contributed by atoms with van der Waals surface area (Å²) in [5, 5.41) is 31.1. The van der Waals surface area contributed by atoms with E-state index in [0.717, 1.165) is 24.8 Å². The van der Waals surface area contributed by atoms with Crippen molar-refractivity contribution in [3.63, 3.8) is 0 Å².